The fourth-order valence-corrected chi connectivity index (χ4v) is 4.00. The first-order chi connectivity index (χ1) is 15.1. The fraction of sp³-hybridized carbons (Fsp3) is 0.200. The number of aryl methyl sites for hydroxylation is 1. The molecule has 0 aliphatic heterocycles. The number of ether oxygens (including phenoxy) is 1. The monoisotopic (exact) mass is 410 g/mol. The van der Waals surface area contributed by atoms with Crippen molar-refractivity contribution in [1.82, 2.24) is 20.3 Å². The van der Waals surface area contributed by atoms with Crippen LogP contribution in [0.5, 0.6) is 5.75 Å². The molecule has 5 rings (SSSR count). The fourth-order valence-electron chi connectivity index (χ4n) is 4.00. The number of benzene rings is 2. The lowest BCUT2D eigenvalue weighted by Gasteiger charge is -2.21. The number of pyridine rings is 1. The number of hydrogen-bond donors (Lipinski definition) is 1. The van der Waals surface area contributed by atoms with Crippen molar-refractivity contribution in [2.45, 2.75) is 25.3 Å². The zero-order valence-corrected chi connectivity index (χ0v) is 17.4. The zero-order chi connectivity index (χ0) is 21.4. The summed E-state index contributed by atoms with van der Waals surface area (Å²) in [7, 11) is 1.60. The first-order valence-electron chi connectivity index (χ1n) is 10.2. The molecule has 2 heterocycles. The van der Waals surface area contributed by atoms with Gasteiger partial charge in [-0.25, -0.2) is 9.97 Å². The number of nitrogens with zero attached hydrogens (tertiary/aromatic N) is 3. The lowest BCUT2D eigenvalue weighted by molar-refractivity contribution is 0.0930. The molecule has 2 aromatic carbocycles. The Labute approximate surface area is 180 Å². The van der Waals surface area contributed by atoms with E-state index >= 15 is 0 Å². The van der Waals surface area contributed by atoms with Gasteiger partial charge in [0.1, 0.15) is 5.75 Å². The van der Waals surface area contributed by atoms with Crippen LogP contribution < -0.4 is 10.1 Å². The van der Waals surface area contributed by atoms with E-state index in [0.717, 1.165) is 40.4 Å². The summed E-state index contributed by atoms with van der Waals surface area (Å²) in [5.74, 6) is 1.20. The average Bonchev–Trinajstić information content (AvgIpc) is 3.59. The van der Waals surface area contributed by atoms with Gasteiger partial charge in [0.2, 0.25) is 0 Å². The molecule has 31 heavy (non-hydrogen) atoms. The van der Waals surface area contributed by atoms with E-state index in [1.807, 2.05) is 31.2 Å². The largest absolute Gasteiger partial charge is 0.497 e. The highest BCUT2D eigenvalue weighted by atomic mass is 16.5. The summed E-state index contributed by atoms with van der Waals surface area (Å²) in [4.78, 5) is 26.6. The van der Waals surface area contributed by atoms with Gasteiger partial charge in [-0.15, -0.1) is 0 Å². The van der Waals surface area contributed by atoms with Crippen LogP contribution in [0.25, 0.3) is 22.3 Å². The van der Waals surface area contributed by atoms with E-state index in [4.69, 9.17) is 4.74 Å². The van der Waals surface area contributed by atoms with Gasteiger partial charge in [0.15, 0.2) is 5.82 Å². The molecule has 1 aliphatic rings. The van der Waals surface area contributed by atoms with Crippen molar-refractivity contribution < 1.29 is 9.53 Å². The first kappa shape index (κ1) is 19.2. The van der Waals surface area contributed by atoms with Crippen molar-refractivity contribution in [1.29, 1.82) is 0 Å². The maximum atomic E-state index is 13.2. The van der Waals surface area contributed by atoms with Crippen molar-refractivity contribution in [2.75, 3.05) is 7.11 Å². The minimum absolute atomic E-state index is 0.104. The first-order valence-corrected chi connectivity index (χ1v) is 10.2. The van der Waals surface area contributed by atoms with Gasteiger partial charge < -0.3 is 10.1 Å². The Bertz CT molecular complexity index is 1280. The van der Waals surface area contributed by atoms with Gasteiger partial charge in [0.05, 0.1) is 18.2 Å². The molecular formula is C25H22N4O2. The second kappa shape index (κ2) is 7.47. The standard InChI is InChI=1S/C25H22N4O2/c1-16-6-7-18(31-2)15-20(16)24(30)29-25(8-9-25)21-13-17(23-27-11-4-12-28-23)14-22-19(21)5-3-10-26-22/h3-7,10-15H,8-9H2,1-2H3,(H,29,30). The summed E-state index contributed by atoms with van der Waals surface area (Å²) in [6.07, 6.45) is 6.96. The molecule has 1 aliphatic carbocycles. The smallest absolute Gasteiger partial charge is 0.252 e. The number of fused-ring (bicyclic) bond motifs is 1. The van der Waals surface area contributed by atoms with Crippen LogP contribution in [-0.4, -0.2) is 28.0 Å². The lowest BCUT2D eigenvalue weighted by atomic mass is 9.95. The van der Waals surface area contributed by atoms with E-state index in [-0.39, 0.29) is 5.91 Å². The van der Waals surface area contributed by atoms with Crippen molar-refractivity contribution in [3.63, 3.8) is 0 Å². The topological polar surface area (TPSA) is 77.0 Å². The number of nitrogens with one attached hydrogen (secondary N) is 1. The van der Waals surface area contributed by atoms with Gasteiger partial charge in [-0.1, -0.05) is 12.1 Å². The molecule has 1 saturated carbocycles. The zero-order valence-electron chi connectivity index (χ0n) is 17.4. The molecule has 6 heteroatoms. The van der Waals surface area contributed by atoms with Crippen LogP contribution in [0.4, 0.5) is 0 Å². The normalized spacial score (nSPS) is 14.3. The molecule has 0 spiro atoms. The Hall–Kier alpha value is -3.80. The average molecular weight is 410 g/mol. The van der Waals surface area contributed by atoms with Gasteiger partial charge in [0.25, 0.3) is 5.91 Å². The van der Waals surface area contributed by atoms with E-state index < -0.39 is 5.54 Å². The molecule has 0 unspecified atom stereocenters. The number of hydrogen-bond acceptors (Lipinski definition) is 5. The van der Waals surface area contributed by atoms with Gasteiger partial charge in [-0.05, 0) is 67.3 Å². The molecule has 154 valence electrons. The summed E-state index contributed by atoms with van der Waals surface area (Å²) in [6, 6.07) is 15.4. The molecule has 1 amide bonds. The van der Waals surface area contributed by atoms with Crippen LogP contribution in [0.3, 0.4) is 0 Å². The minimum Gasteiger partial charge on any atom is -0.497 e. The van der Waals surface area contributed by atoms with Crippen molar-refractivity contribution >= 4 is 16.8 Å². The Balaban J connectivity index is 1.58. The second-order valence-electron chi connectivity index (χ2n) is 7.88. The van der Waals surface area contributed by atoms with Crippen LogP contribution in [0, 0.1) is 6.92 Å². The van der Waals surface area contributed by atoms with Gasteiger partial charge in [-0.3, -0.25) is 9.78 Å². The summed E-state index contributed by atoms with van der Waals surface area (Å²) in [5.41, 5.74) is 3.90. The maximum absolute atomic E-state index is 13.2. The minimum atomic E-state index is -0.432. The van der Waals surface area contributed by atoms with Crippen LogP contribution in [0.1, 0.15) is 34.3 Å². The van der Waals surface area contributed by atoms with E-state index in [1.54, 1.807) is 37.8 Å². The van der Waals surface area contributed by atoms with E-state index in [0.29, 0.717) is 17.1 Å². The summed E-state index contributed by atoms with van der Waals surface area (Å²) in [6.45, 7) is 1.93. The van der Waals surface area contributed by atoms with E-state index in [2.05, 4.69) is 32.4 Å². The highest BCUT2D eigenvalue weighted by Gasteiger charge is 2.47. The maximum Gasteiger partial charge on any atom is 0.252 e. The Morgan fingerprint density at radius 2 is 1.77 bits per heavy atom. The SMILES string of the molecule is COc1ccc(C)c(C(=O)NC2(c3cc(-c4ncccn4)cc4ncccc34)CC2)c1. The van der Waals surface area contributed by atoms with Crippen LogP contribution in [0.15, 0.2) is 67.1 Å². The van der Waals surface area contributed by atoms with E-state index in [1.165, 1.54) is 0 Å². The highest BCUT2D eigenvalue weighted by molar-refractivity contribution is 5.97. The Morgan fingerprint density at radius 3 is 2.52 bits per heavy atom. The lowest BCUT2D eigenvalue weighted by Crippen LogP contribution is -2.35. The van der Waals surface area contributed by atoms with Crippen molar-refractivity contribution in [2.24, 2.45) is 0 Å². The molecule has 4 aromatic rings. The van der Waals surface area contributed by atoms with Crippen molar-refractivity contribution in [3.05, 3.63) is 83.8 Å². The van der Waals surface area contributed by atoms with E-state index in [9.17, 15) is 4.79 Å². The number of rotatable bonds is 5. The highest BCUT2D eigenvalue weighted by Crippen LogP contribution is 2.49. The van der Waals surface area contributed by atoms with Gasteiger partial charge in [0, 0.05) is 35.1 Å². The summed E-state index contributed by atoms with van der Waals surface area (Å²) >= 11 is 0. The number of carbonyl (C=O) groups excluding carboxylic acids is 1. The Kier molecular flexibility index (Phi) is 4.62. The van der Waals surface area contributed by atoms with Crippen LogP contribution in [0.2, 0.25) is 0 Å². The molecule has 6 nitrogen and oxygen atoms in total. The van der Waals surface area contributed by atoms with Gasteiger partial charge >= 0.3 is 0 Å². The molecule has 0 atom stereocenters. The molecule has 0 radical (unpaired) electrons. The molecule has 1 N–H and O–H groups in total. The third kappa shape index (κ3) is 3.50. The summed E-state index contributed by atoms with van der Waals surface area (Å²) < 4.78 is 5.31. The predicted molar refractivity (Wildman–Crippen MR) is 119 cm³/mol. The van der Waals surface area contributed by atoms with Crippen LogP contribution >= 0.6 is 0 Å². The number of carbonyl (C=O) groups is 1. The molecule has 0 bridgehead atoms. The molecular weight excluding hydrogens is 388 g/mol. The van der Waals surface area contributed by atoms with Gasteiger partial charge in [-0.2, -0.15) is 0 Å². The number of methoxy groups -OCH3 is 1. The summed E-state index contributed by atoms with van der Waals surface area (Å²) in [5, 5.41) is 4.33. The van der Waals surface area contributed by atoms with Crippen molar-refractivity contribution in [3.8, 4) is 17.1 Å². The molecule has 0 saturated heterocycles. The van der Waals surface area contributed by atoms with Crippen LogP contribution in [-0.2, 0) is 5.54 Å². The molecule has 1 fully saturated rings. The quantitative estimate of drug-likeness (QED) is 0.527. The third-order valence-corrected chi connectivity index (χ3v) is 5.85. The third-order valence-electron chi connectivity index (χ3n) is 5.85. The Morgan fingerprint density at radius 1 is 1.00 bits per heavy atom. The second-order valence-corrected chi connectivity index (χ2v) is 7.88. The predicted octanol–water partition coefficient (Wildman–Crippen LogP) is 4.43. The number of aromatic nitrogens is 3. The number of amides is 1. The molecule has 2 aromatic heterocycles.